The van der Waals surface area contributed by atoms with Gasteiger partial charge in [-0.25, -0.2) is 15.2 Å². The molecule has 0 aliphatic carbocycles. The van der Waals surface area contributed by atoms with Crippen LogP contribution >= 0.6 is 0 Å². The van der Waals surface area contributed by atoms with Crippen molar-refractivity contribution in [3.05, 3.63) is 78.4 Å². The van der Waals surface area contributed by atoms with E-state index >= 15 is 0 Å². The summed E-state index contributed by atoms with van der Waals surface area (Å²) in [4.78, 5) is 31.7. The Morgan fingerprint density at radius 1 is 0.939 bits per heavy atom. The van der Waals surface area contributed by atoms with Gasteiger partial charge in [0, 0.05) is 12.1 Å². The number of fused-ring (bicyclic) bond motifs is 1. The molecule has 4 rings (SSSR count). The van der Waals surface area contributed by atoms with Crippen LogP contribution in [0.2, 0.25) is 0 Å². The lowest BCUT2D eigenvalue weighted by molar-refractivity contribution is -0.123. The number of ether oxygens (including phenoxy) is 2. The normalized spacial score (nSPS) is 10.5. The van der Waals surface area contributed by atoms with Crippen molar-refractivity contribution in [1.82, 2.24) is 26.1 Å². The lowest BCUT2D eigenvalue weighted by Crippen LogP contribution is -2.48. The second-order valence-electron chi connectivity index (χ2n) is 7.10. The molecule has 4 N–H and O–H groups in total. The molecule has 0 saturated heterocycles. The van der Waals surface area contributed by atoms with Crippen LogP contribution < -0.4 is 25.6 Å². The van der Waals surface area contributed by atoms with E-state index in [9.17, 15) is 9.59 Å². The molecule has 1 aromatic heterocycles. The van der Waals surface area contributed by atoms with E-state index in [0.29, 0.717) is 23.9 Å². The predicted octanol–water partition coefficient (Wildman–Crippen LogP) is 3.15. The molecular weight excluding hydrogens is 422 g/mol. The van der Waals surface area contributed by atoms with Crippen LogP contribution in [0.25, 0.3) is 22.4 Å². The molecule has 9 nitrogen and oxygen atoms in total. The number of aromatic nitrogens is 2. The van der Waals surface area contributed by atoms with Gasteiger partial charge in [0.1, 0.15) is 5.82 Å². The summed E-state index contributed by atoms with van der Waals surface area (Å²) in [5.41, 5.74) is 8.14. The van der Waals surface area contributed by atoms with Crippen LogP contribution in [-0.2, 0) is 11.3 Å². The monoisotopic (exact) mass is 445 g/mol. The summed E-state index contributed by atoms with van der Waals surface area (Å²) < 4.78 is 11.0. The Bertz CT molecular complexity index is 1220. The average molecular weight is 445 g/mol. The second kappa shape index (κ2) is 10.2. The molecule has 3 aromatic carbocycles. The van der Waals surface area contributed by atoms with Gasteiger partial charge in [-0.05, 0) is 35.9 Å². The van der Waals surface area contributed by atoms with Gasteiger partial charge in [-0.2, -0.15) is 0 Å². The van der Waals surface area contributed by atoms with Gasteiger partial charge in [0.2, 0.25) is 0 Å². The van der Waals surface area contributed by atoms with Crippen LogP contribution in [0.1, 0.15) is 5.56 Å². The summed E-state index contributed by atoms with van der Waals surface area (Å²) in [6.45, 7) is 0.0349. The van der Waals surface area contributed by atoms with Crippen LogP contribution in [0.3, 0.4) is 0 Å². The quantitative estimate of drug-likeness (QED) is 0.326. The number of methoxy groups -OCH3 is 1. The first-order valence-corrected chi connectivity index (χ1v) is 10.2. The Hall–Kier alpha value is -4.53. The minimum Gasteiger partial charge on any atom is -0.493 e. The number of benzene rings is 3. The molecule has 33 heavy (non-hydrogen) atoms. The van der Waals surface area contributed by atoms with Gasteiger partial charge in [0.05, 0.1) is 18.1 Å². The fourth-order valence-electron chi connectivity index (χ4n) is 3.15. The Kier molecular flexibility index (Phi) is 6.70. The maximum absolute atomic E-state index is 12.0. The third kappa shape index (κ3) is 5.59. The van der Waals surface area contributed by atoms with E-state index < -0.39 is 11.9 Å². The SMILES string of the molecule is COc1cc(-c2nc3ccccc3[nH]2)ccc1OCC(=O)NNC(=O)NCc1ccccc1. The number of para-hydroxylation sites is 2. The van der Waals surface area contributed by atoms with Crippen LogP contribution in [0.5, 0.6) is 11.5 Å². The van der Waals surface area contributed by atoms with Crippen molar-refractivity contribution >= 4 is 23.0 Å². The molecule has 0 unspecified atom stereocenters. The highest BCUT2D eigenvalue weighted by atomic mass is 16.5. The molecule has 3 amide bonds. The number of hydrogen-bond acceptors (Lipinski definition) is 5. The summed E-state index contributed by atoms with van der Waals surface area (Å²) in [7, 11) is 1.52. The molecule has 1 heterocycles. The highest BCUT2D eigenvalue weighted by molar-refractivity contribution is 5.82. The average Bonchev–Trinajstić information content (AvgIpc) is 3.30. The van der Waals surface area contributed by atoms with Crippen molar-refractivity contribution in [2.45, 2.75) is 6.54 Å². The molecule has 0 radical (unpaired) electrons. The molecule has 9 heteroatoms. The van der Waals surface area contributed by atoms with Crippen LogP contribution in [0.15, 0.2) is 72.8 Å². The van der Waals surface area contributed by atoms with Crippen molar-refractivity contribution in [3.63, 3.8) is 0 Å². The van der Waals surface area contributed by atoms with Crippen molar-refractivity contribution in [3.8, 4) is 22.9 Å². The maximum atomic E-state index is 12.0. The van der Waals surface area contributed by atoms with Crippen LogP contribution in [0, 0.1) is 0 Å². The van der Waals surface area contributed by atoms with E-state index in [1.165, 1.54) is 7.11 Å². The number of H-pyrrole nitrogens is 1. The van der Waals surface area contributed by atoms with Gasteiger partial charge in [-0.1, -0.05) is 42.5 Å². The van der Waals surface area contributed by atoms with Crippen molar-refractivity contribution in [1.29, 1.82) is 0 Å². The van der Waals surface area contributed by atoms with Gasteiger partial charge >= 0.3 is 6.03 Å². The third-order valence-electron chi connectivity index (χ3n) is 4.80. The van der Waals surface area contributed by atoms with Gasteiger partial charge in [-0.15, -0.1) is 0 Å². The van der Waals surface area contributed by atoms with Gasteiger partial charge in [-0.3, -0.25) is 10.2 Å². The van der Waals surface area contributed by atoms with Crippen molar-refractivity contribution < 1.29 is 19.1 Å². The summed E-state index contributed by atoms with van der Waals surface area (Å²) in [5.74, 6) is 1.02. The number of carbonyl (C=O) groups excluding carboxylic acids is 2. The standard InChI is InChI=1S/C24H23N5O4/c1-32-21-13-17(23-26-18-9-5-6-10-19(18)27-23)11-12-20(21)33-15-22(30)28-29-24(31)25-14-16-7-3-2-4-8-16/h2-13H,14-15H2,1H3,(H,26,27)(H,28,30)(H2,25,29,31). The number of urea groups is 1. The lowest BCUT2D eigenvalue weighted by Gasteiger charge is -2.12. The van der Waals surface area contributed by atoms with Crippen LogP contribution in [-0.4, -0.2) is 35.6 Å². The van der Waals surface area contributed by atoms with E-state index in [4.69, 9.17) is 9.47 Å². The van der Waals surface area contributed by atoms with E-state index in [2.05, 4.69) is 26.1 Å². The minimum atomic E-state index is -0.528. The molecule has 0 fully saturated rings. The van der Waals surface area contributed by atoms with Gasteiger partial charge < -0.3 is 19.8 Å². The summed E-state index contributed by atoms with van der Waals surface area (Å²) in [6, 6.07) is 22.0. The topological polar surface area (TPSA) is 117 Å². The van der Waals surface area contributed by atoms with E-state index in [1.807, 2.05) is 60.7 Å². The smallest absolute Gasteiger partial charge is 0.333 e. The molecule has 0 atom stereocenters. The third-order valence-corrected chi connectivity index (χ3v) is 4.80. The largest absolute Gasteiger partial charge is 0.493 e. The highest BCUT2D eigenvalue weighted by Crippen LogP contribution is 2.32. The molecule has 0 aliphatic rings. The number of amides is 3. The number of hydrogen-bond donors (Lipinski definition) is 4. The summed E-state index contributed by atoms with van der Waals surface area (Å²) in [5, 5.41) is 2.64. The van der Waals surface area contributed by atoms with Crippen molar-refractivity contribution in [2.24, 2.45) is 0 Å². The Balaban J connectivity index is 1.29. The number of nitrogens with one attached hydrogen (secondary N) is 4. The lowest BCUT2D eigenvalue weighted by atomic mass is 10.2. The van der Waals surface area contributed by atoms with Gasteiger partial charge in [0.25, 0.3) is 5.91 Å². The number of hydrazine groups is 1. The minimum absolute atomic E-state index is 0.306. The Morgan fingerprint density at radius 3 is 2.52 bits per heavy atom. The number of nitrogens with zero attached hydrogens (tertiary/aromatic N) is 1. The molecule has 0 spiro atoms. The summed E-state index contributed by atoms with van der Waals surface area (Å²) >= 11 is 0. The first-order chi connectivity index (χ1) is 16.1. The zero-order chi connectivity index (χ0) is 23.0. The molecule has 0 aliphatic heterocycles. The molecule has 0 bridgehead atoms. The summed E-state index contributed by atoms with van der Waals surface area (Å²) in [6.07, 6.45) is 0. The van der Waals surface area contributed by atoms with E-state index in [0.717, 1.165) is 22.2 Å². The van der Waals surface area contributed by atoms with Crippen molar-refractivity contribution in [2.75, 3.05) is 13.7 Å². The van der Waals surface area contributed by atoms with Gasteiger partial charge in [0.15, 0.2) is 18.1 Å². The number of imidazole rings is 1. The fraction of sp³-hybridized carbons (Fsp3) is 0.125. The Morgan fingerprint density at radius 2 is 1.73 bits per heavy atom. The second-order valence-corrected chi connectivity index (χ2v) is 7.10. The van der Waals surface area contributed by atoms with Crippen LogP contribution in [0.4, 0.5) is 4.79 Å². The number of aromatic amines is 1. The fourth-order valence-corrected chi connectivity index (χ4v) is 3.15. The molecular formula is C24H23N5O4. The Labute approximate surface area is 190 Å². The maximum Gasteiger partial charge on any atom is 0.333 e. The van der Waals surface area contributed by atoms with E-state index in [1.54, 1.807) is 12.1 Å². The molecule has 168 valence electrons. The first-order valence-electron chi connectivity index (χ1n) is 10.2. The first kappa shape index (κ1) is 21.7. The zero-order valence-electron chi connectivity index (χ0n) is 17.9. The number of carbonyl (C=O) groups is 2. The molecule has 0 saturated carbocycles. The predicted molar refractivity (Wildman–Crippen MR) is 124 cm³/mol. The zero-order valence-corrected chi connectivity index (χ0v) is 17.9. The van der Waals surface area contributed by atoms with E-state index in [-0.39, 0.29) is 6.61 Å². The molecule has 4 aromatic rings. The number of rotatable bonds is 7. The highest BCUT2D eigenvalue weighted by Gasteiger charge is 2.12.